The number of ether oxygens (including phenoxy) is 2. The van der Waals surface area contributed by atoms with Gasteiger partial charge in [0, 0.05) is 4.47 Å². The molecule has 1 aromatic rings. The van der Waals surface area contributed by atoms with Crippen LogP contribution in [0, 0.1) is 6.92 Å². The van der Waals surface area contributed by atoms with Crippen molar-refractivity contribution in [2.45, 2.75) is 63.6 Å². The van der Waals surface area contributed by atoms with Crippen molar-refractivity contribution < 1.29 is 9.47 Å². The van der Waals surface area contributed by atoms with E-state index in [-0.39, 0.29) is 11.7 Å². The van der Waals surface area contributed by atoms with Gasteiger partial charge in [-0.15, -0.1) is 0 Å². The first-order valence-electron chi connectivity index (χ1n) is 7.74. The van der Waals surface area contributed by atoms with Crippen molar-refractivity contribution in [3.05, 3.63) is 28.2 Å². The monoisotopic (exact) mass is 338 g/mol. The minimum Gasteiger partial charge on any atom is -0.491 e. The molecule has 1 unspecified atom stereocenters. The molecule has 2 nitrogen and oxygen atoms in total. The van der Waals surface area contributed by atoms with Gasteiger partial charge in [0.25, 0.3) is 0 Å². The van der Waals surface area contributed by atoms with Gasteiger partial charge in [0.15, 0.2) is 0 Å². The maximum Gasteiger partial charge on any atom is 0.123 e. The summed E-state index contributed by atoms with van der Waals surface area (Å²) in [5, 5.41) is 0. The first-order valence-corrected chi connectivity index (χ1v) is 8.53. The van der Waals surface area contributed by atoms with Gasteiger partial charge >= 0.3 is 0 Å². The fourth-order valence-electron chi connectivity index (χ4n) is 3.49. The highest BCUT2D eigenvalue weighted by Crippen LogP contribution is 2.42. The van der Waals surface area contributed by atoms with E-state index in [4.69, 9.17) is 9.47 Å². The topological polar surface area (TPSA) is 18.5 Å². The number of benzene rings is 1. The number of rotatable bonds is 3. The van der Waals surface area contributed by atoms with Crippen molar-refractivity contribution in [3.63, 3.8) is 0 Å². The Morgan fingerprint density at radius 2 is 2.05 bits per heavy atom. The molecule has 1 spiro atoms. The summed E-state index contributed by atoms with van der Waals surface area (Å²) in [6, 6.07) is 6.17. The van der Waals surface area contributed by atoms with E-state index in [0.29, 0.717) is 6.61 Å². The third-order valence-corrected chi connectivity index (χ3v) is 5.17. The van der Waals surface area contributed by atoms with Crippen molar-refractivity contribution in [2.24, 2.45) is 0 Å². The van der Waals surface area contributed by atoms with Crippen LogP contribution >= 0.6 is 15.9 Å². The van der Waals surface area contributed by atoms with Gasteiger partial charge in [0.1, 0.15) is 12.4 Å². The smallest absolute Gasteiger partial charge is 0.123 e. The van der Waals surface area contributed by atoms with Crippen LogP contribution < -0.4 is 4.74 Å². The Morgan fingerprint density at radius 1 is 1.25 bits per heavy atom. The molecule has 0 radical (unpaired) electrons. The maximum absolute atomic E-state index is 6.34. The van der Waals surface area contributed by atoms with E-state index in [1.807, 2.05) is 12.1 Å². The third-order valence-electron chi connectivity index (χ3n) is 4.68. The van der Waals surface area contributed by atoms with Gasteiger partial charge in [-0.1, -0.05) is 41.3 Å². The lowest BCUT2D eigenvalue weighted by atomic mass is 9.83. The largest absolute Gasteiger partial charge is 0.491 e. The van der Waals surface area contributed by atoms with Gasteiger partial charge in [0.05, 0.1) is 11.7 Å². The van der Waals surface area contributed by atoms with E-state index in [2.05, 4.69) is 28.9 Å². The minimum atomic E-state index is 0.193. The Kier molecular flexibility index (Phi) is 4.37. The van der Waals surface area contributed by atoms with Gasteiger partial charge in [-0.25, -0.2) is 0 Å². The first kappa shape index (κ1) is 14.4. The number of halogens is 1. The molecule has 1 aliphatic heterocycles. The summed E-state index contributed by atoms with van der Waals surface area (Å²) in [5.41, 5.74) is 1.37. The highest BCUT2D eigenvalue weighted by atomic mass is 79.9. The molecule has 2 fully saturated rings. The summed E-state index contributed by atoms with van der Waals surface area (Å²) in [5.74, 6) is 0.965. The molecule has 2 aliphatic rings. The quantitative estimate of drug-likeness (QED) is 0.770. The van der Waals surface area contributed by atoms with Crippen LogP contribution in [0.15, 0.2) is 22.7 Å². The SMILES string of the molecule is Cc1ccc(Br)cc1OCC1CCC2(CCCCC2)O1. The highest BCUT2D eigenvalue weighted by Gasteiger charge is 2.40. The normalized spacial score (nSPS) is 25.0. The molecule has 1 aliphatic carbocycles. The molecule has 1 heterocycles. The number of hydrogen-bond donors (Lipinski definition) is 0. The second-order valence-electron chi connectivity index (χ2n) is 6.24. The molecule has 3 rings (SSSR count). The molecule has 1 atom stereocenters. The minimum absolute atomic E-state index is 0.193. The molecular formula is C17H23BrO2. The molecule has 0 aromatic heterocycles. The Morgan fingerprint density at radius 3 is 2.85 bits per heavy atom. The van der Waals surface area contributed by atoms with Gasteiger partial charge in [0.2, 0.25) is 0 Å². The molecule has 3 heteroatoms. The Bertz CT molecular complexity index is 466. The van der Waals surface area contributed by atoms with E-state index < -0.39 is 0 Å². The van der Waals surface area contributed by atoms with Crippen LogP contribution in [0.25, 0.3) is 0 Å². The van der Waals surface area contributed by atoms with Gasteiger partial charge in [-0.05, 0) is 50.3 Å². The second-order valence-corrected chi connectivity index (χ2v) is 7.16. The van der Waals surface area contributed by atoms with Crippen LogP contribution in [0.3, 0.4) is 0 Å². The average molecular weight is 339 g/mol. The van der Waals surface area contributed by atoms with E-state index in [1.54, 1.807) is 0 Å². The van der Waals surface area contributed by atoms with Crippen LogP contribution in [-0.4, -0.2) is 18.3 Å². The Balaban J connectivity index is 1.56. The fourth-order valence-corrected chi connectivity index (χ4v) is 3.83. The summed E-state index contributed by atoms with van der Waals surface area (Å²) in [4.78, 5) is 0. The Hall–Kier alpha value is -0.540. The summed E-state index contributed by atoms with van der Waals surface area (Å²) in [6.07, 6.45) is 9.18. The molecule has 1 saturated heterocycles. The zero-order valence-corrected chi connectivity index (χ0v) is 13.7. The van der Waals surface area contributed by atoms with E-state index in [0.717, 1.165) is 16.6 Å². The fraction of sp³-hybridized carbons (Fsp3) is 0.647. The van der Waals surface area contributed by atoms with Gasteiger partial charge in [-0.2, -0.15) is 0 Å². The van der Waals surface area contributed by atoms with Crippen molar-refractivity contribution in [3.8, 4) is 5.75 Å². The predicted octanol–water partition coefficient (Wildman–Crippen LogP) is 5.02. The number of hydrogen-bond acceptors (Lipinski definition) is 2. The summed E-state index contributed by atoms with van der Waals surface area (Å²) >= 11 is 3.50. The standard InChI is InChI=1S/C17H23BrO2/c1-13-5-6-14(18)11-16(13)19-12-15-7-10-17(20-15)8-3-2-4-9-17/h5-6,11,15H,2-4,7-10,12H2,1H3. The van der Waals surface area contributed by atoms with Crippen molar-refractivity contribution in [1.29, 1.82) is 0 Å². The summed E-state index contributed by atoms with van der Waals surface area (Å²) in [6.45, 7) is 2.76. The molecule has 1 aromatic carbocycles. The lowest BCUT2D eigenvalue weighted by Gasteiger charge is -2.33. The maximum atomic E-state index is 6.34. The van der Waals surface area contributed by atoms with Crippen molar-refractivity contribution >= 4 is 15.9 Å². The van der Waals surface area contributed by atoms with Crippen molar-refractivity contribution in [2.75, 3.05) is 6.61 Å². The molecular weight excluding hydrogens is 316 g/mol. The van der Waals surface area contributed by atoms with E-state index in [1.165, 1.54) is 44.1 Å². The first-order chi connectivity index (χ1) is 9.67. The summed E-state index contributed by atoms with van der Waals surface area (Å²) < 4.78 is 13.4. The zero-order valence-electron chi connectivity index (χ0n) is 12.2. The predicted molar refractivity (Wildman–Crippen MR) is 84.3 cm³/mol. The molecule has 0 N–H and O–H groups in total. The van der Waals surface area contributed by atoms with Crippen LogP contribution in [0.2, 0.25) is 0 Å². The average Bonchev–Trinajstić information content (AvgIpc) is 2.84. The molecule has 110 valence electrons. The lowest BCUT2D eigenvalue weighted by Crippen LogP contribution is -2.32. The van der Waals surface area contributed by atoms with Crippen LogP contribution in [-0.2, 0) is 4.74 Å². The molecule has 0 amide bonds. The van der Waals surface area contributed by atoms with Crippen LogP contribution in [0.4, 0.5) is 0 Å². The highest BCUT2D eigenvalue weighted by molar-refractivity contribution is 9.10. The molecule has 0 bridgehead atoms. The van der Waals surface area contributed by atoms with Gasteiger partial charge < -0.3 is 9.47 Å². The summed E-state index contributed by atoms with van der Waals surface area (Å²) in [7, 11) is 0. The molecule has 1 saturated carbocycles. The Labute approximate surface area is 130 Å². The third kappa shape index (κ3) is 3.20. The van der Waals surface area contributed by atoms with Crippen molar-refractivity contribution in [1.82, 2.24) is 0 Å². The number of aryl methyl sites for hydroxylation is 1. The van der Waals surface area contributed by atoms with Crippen LogP contribution in [0.1, 0.15) is 50.5 Å². The molecule has 20 heavy (non-hydrogen) atoms. The van der Waals surface area contributed by atoms with Crippen LogP contribution in [0.5, 0.6) is 5.75 Å². The van der Waals surface area contributed by atoms with Gasteiger partial charge in [-0.3, -0.25) is 0 Å². The second kappa shape index (κ2) is 6.07. The lowest BCUT2D eigenvalue weighted by molar-refractivity contribution is -0.0749. The van der Waals surface area contributed by atoms with E-state index in [9.17, 15) is 0 Å². The van der Waals surface area contributed by atoms with E-state index >= 15 is 0 Å². The zero-order chi connectivity index (χ0) is 14.0.